The minimum atomic E-state index is 0.114. The van der Waals surface area contributed by atoms with Crippen molar-refractivity contribution in [3.63, 3.8) is 0 Å². The van der Waals surface area contributed by atoms with Crippen molar-refractivity contribution in [3.8, 4) is 0 Å². The van der Waals surface area contributed by atoms with Gasteiger partial charge in [-0.3, -0.25) is 10.4 Å². The molecule has 1 aliphatic carbocycles. The Kier molecular flexibility index (Phi) is 3.84. The summed E-state index contributed by atoms with van der Waals surface area (Å²) in [5, 5.41) is 7.64. The predicted molar refractivity (Wildman–Crippen MR) is 75.1 cm³/mol. The van der Waals surface area contributed by atoms with Gasteiger partial charge in [0.15, 0.2) is 0 Å². The number of amidine groups is 1. The second-order valence-corrected chi connectivity index (χ2v) is 5.33. The van der Waals surface area contributed by atoms with Crippen LogP contribution in [0.5, 0.6) is 0 Å². The van der Waals surface area contributed by atoms with E-state index in [1.807, 2.05) is 12.3 Å². The lowest BCUT2D eigenvalue weighted by Gasteiger charge is -2.35. The maximum Gasteiger partial charge on any atom is 0.125 e. The number of pyridine rings is 1. The molecule has 0 atom stereocenters. The molecule has 1 aliphatic rings. The zero-order valence-corrected chi connectivity index (χ0v) is 11.2. The van der Waals surface area contributed by atoms with Crippen LogP contribution in [0.4, 0.5) is 5.69 Å². The van der Waals surface area contributed by atoms with Crippen LogP contribution in [-0.4, -0.2) is 23.9 Å². The van der Waals surface area contributed by atoms with E-state index in [2.05, 4.69) is 23.9 Å². The van der Waals surface area contributed by atoms with Gasteiger partial charge in [0.05, 0.1) is 11.9 Å². The number of rotatable bonds is 3. The molecule has 0 unspecified atom stereocenters. The van der Waals surface area contributed by atoms with Crippen LogP contribution in [0, 0.1) is 11.3 Å². The largest absolute Gasteiger partial charge is 0.384 e. The van der Waals surface area contributed by atoms with E-state index in [0.29, 0.717) is 6.04 Å². The van der Waals surface area contributed by atoms with Crippen LogP contribution in [0.1, 0.15) is 38.2 Å². The highest BCUT2D eigenvalue weighted by molar-refractivity contribution is 6.00. The van der Waals surface area contributed by atoms with Crippen LogP contribution in [0.3, 0.4) is 0 Å². The van der Waals surface area contributed by atoms with Gasteiger partial charge in [-0.2, -0.15) is 0 Å². The number of hydrogen-bond acceptors (Lipinski definition) is 3. The van der Waals surface area contributed by atoms with Crippen molar-refractivity contribution in [2.75, 3.05) is 11.9 Å². The molecular formula is C14H22N4. The number of nitrogen functional groups attached to an aromatic ring is 1. The molecule has 1 aromatic heterocycles. The van der Waals surface area contributed by atoms with Crippen molar-refractivity contribution in [2.45, 2.75) is 38.6 Å². The average molecular weight is 246 g/mol. The smallest absolute Gasteiger partial charge is 0.125 e. The van der Waals surface area contributed by atoms with E-state index in [1.54, 1.807) is 6.20 Å². The Balaban J connectivity index is 2.18. The fourth-order valence-corrected chi connectivity index (χ4v) is 2.72. The Morgan fingerprint density at radius 2 is 2.06 bits per heavy atom. The van der Waals surface area contributed by atoms with Gasteiger partial charge in [0.1, 0.15) is 5.84 Å². The van der Waals surface area contributed by atoms with E-state index >= 15 is 0 Å². The molecule has 18 heavy (non-hydrogen) atoms. The van der Waals surface area contributed by atoms with Crippen molar-refractivity contribution in [1.29, 1.82) is 5.41 Å². The fraction of sp³-hybridized carbons (Fsp3) is 0.571. The SMILES string of the molecule is CC1CCC(N(C)c2cnccc2C(=N)N)CC1. The highest BCUT2D eigenvalue weighted by Crippen LogP contribution is 2.30. The van der Waals surface area contributed by atoms with E-state index in [9.17, 15) is 0 Å². The third-order valence-corrected chi connectivity index (χ3v) is 4.00. The first kappa shape index (κ1) is 12.9. The van der Waals surface area contributed by atoms with Gasteiger partial charge in [0.25, 0.3) is 0 Å². The molecule has 0 amide bonds. The molecule has 2 rings (SSSR count). The molecular weight excluding hydrogens is 224 g/mol. The summed E-state index contributed by atoms with van der Waals surface area (Å²) >= 11 is 0. The average Bonchev–Trinajstić information content (AvgIpc) is 2.39. The van der Waals surface area contributed by atoms with Crippen LogP contribution in [-0.2, 0) is 0 Å². The lowest BCUT2D eigenvalue weighted by Crippen LogP contribution is -2.36. The van der Waals surface area contributed by atoms with Crippen molar-refractivity contribution in [3.05, 3.63) is 24.0 Å². The molecule has 1 fully saturated rings. The Labute approximate surface area is 109 Å². The molecule has 98 valence electrons. The summed E-state index contributed by atoms with van der Waals surface area (Å²) in [6, 6.07) is 2.36. The topological polar surface area (TPSA) is 66.0 Å². The highest BCUT2D eigenvalue weighted by Gasteiger charge is 2.23. The highest BCUT2D eigenvalue weighted by atomic mass is 15.1. The molecule has 1 aromatic rings. The molecule has 0 saturated heterocycles. The first-order valence-corrected chi connectivity index (χ1v) is 6.61. The zero-order chi connectivity index (χ0) is 13.1. The van der Waals surface area contributed by atoms with E-state index in [4.69, 9.17) is 11.1 Å². The monoisotopic (exact) mass is 246 g/mol. The Bertz CT molecular complexity index is 422. The lowest BCUT2D eigenvalue weighted by molar-refractivity contribution is 0.340. The normalized spacial score (nSPS) is 23.7. The van der Waals surface area contributed by atoms with Crippen LogP contribution < -0.4 is 10.6 Å². The number of nitrogens with two attached hydrogens (primary N) is 1. The van der Waals surface area contributed by atoms with Gasteiger partial charge >= 0.3 is 0 Å². The van der Waals surface area contributed by atoms with Gasteiger partial charge in [-0.15, -0.1) is 0 Å². The first-order valence-electron chi connectivity index (χ1n) is 6.61. The minimum absolute atomic E-state index is 0.114. The van der Waals surface area contributed by atoms with Crippen LogP contribution in [0.15, 0.2) is 18.5 Å². The summed E-state index contributed by atoms with van der Waals surface area (Å²) in [7, 11) is 2.09. The molecule has 0 spiro atoms. The number of hydrogen-bond donors (Lipinski definition) is 2. The number of nitrogens with zero attached hydrogens (tertiary/aromatic N) is 2. The number of anilines is 1. The van der Waals surface area contributed by atoms with Crippen molar-refractivity contribution < 1.29 is 0 Å². The molecule has 1 saturated carbocycles. The summed E-state index contributed by atoms with van der Waals surface area (Å²) in [5.74, 6) is 0.958. The van der Waals surface area contributed by atoms with Crippen LogP contribution in [0.2, 0.25) is 0 Å². The van der Waals surface area contributed by atoms with Crippen LogP contribution in [0.25, 0.3) is 0 Å². The van der Waals surface area contributed by atoms with Gasteiger partial charge in [-0.25, -0.2) is 0 Å². The molecule has 0 aromatic carbocycles. The van der Waals surface area contributed by atoms with E-state index in [1.165, 1.54) is 25.7 Å². The number of nitrogens with one attached hydrogen (secondary N) is 1. The Hall–Kier alpha value is -1.58. The van der Waals surface area contributed by atoms with Crippen LogP contribution >= 0.6 is 0 Å². The quantitative estimate of drug-likeness (QED) is 0.635. The summed E-state index contributed by atoms with van der Waals surface area (Å²) < 4.78 is 0. The maximum absolute atomic E-state index is 7.64. The van der Waals surface area contributed by atoms with E-state index in [0.717, 1.165) is 17.2 Å². The molecule has 3 N–H and O–H groups in total. The van der Waals surface area contributed by atoms with Gasteiger partial charge in [-0.05, 0) is 37.7 Å². The van der Waals surface area contributed by atoms with Gasteiger partial charge in [-0.1, -0.05) is 6.92 Å². The van der Waals surface area contributed by atoms with Crippen molar-refractivity contribution in [2.24, 2.45) is 11.7 Å². The zero-order valence-electron chi connectivity index (χ0n) is 11.2. The van der Waals surface area contributed by atoms with Gasteiger partial charge in [0, 0.05) is 24.8 Å². The van der Waals surface area contributed by atoms with Gasteiger partial charge in [0.2, 0.25) is 0 Å². The molecule has 4 heteroatoms. The Morgan fingerprint density at radius 3 is 2.67 bits per heavy atom. The predicted octanol–water partition coefficient (Wildman–Crippen LogP) is 2.38. The Morgan fingerprint density at radius 1 is 1.39 bits per heavy atom. The standard InChI is InChI=1S/C14H22N4/c1-10-3-5-11(6-4-10)18(2)13-9-17-8-7-12(13)14(15)16/h7-11H,3-6H2,1-2H3,(H3,15,16). The summed E-state index contributed by atoms with van der Waals surface area (Å²) in [6.07, 6.45) is 8.49. The minimum Gasteiger partial charge on any atom is -0.384 e. The maximum atomic E-state index is 7.64. The molecule has 0 bridgehead atoms. The van der Waals surface area contributed by atoms with E-state index in [-0.39, 0.29) is 5.84 Å². The molecule has 0 radical (unpaired) electrons. The third-order valence-electron chi connectivity index (χ3n) is 4.00. The second-order valence-electron chi connectivity index (χ2n) is 5.33. The summed E-state index contributed by atoms with van der Waals surface area (Å²) in [4.78, 5) is 6.41. The molecule has 0 aliphatic heterocycles. The van der Waals surface area contributed by atoms with Crippen molar-refractivity contribution >= 4 is 11.5 Å². The molecule has 1 heterocycles. The number of aromatic nitrogens is 1. The lowest BCUT2D eigenvalue weighted by atomic mass is 9.86. The van der Waals surface area contributed by atoms with Crippen molar-refractivity contribution in [1.82, 2.24) is 4.98 Å². The summed E-state index contributed by atoms with van der Waals surface area (Å²) in [5.41, 5.74) is 7.39. The summed E-state index contributed by atoms with van der Waals surface area (Å²) in [6.45, 7) is 2.32. The molecule has 4 nitrogen and oxygen atoms in total. The fourth-order valence-electron chi connectivity index (χ4n) is 2.72. The van der Waals surface area contributed by atoms with E-state index < -0.39 is 0 Å². The second kappa shape index (κ2) is 5.38. The third kappa shape index (κ3) is 2.63. The van der Waals surface area contributed by atoms with Gasteiger partial charge < -0.3 is 10.6 Å². The first-order chi connectivity index (χ1) is 8.59.